The summed E-state index contributed by atoms with van der Waals surface area (Å²) in [6.07, 6.45) is 4.29. The second-order valence-corrected chi connectivity index (χ2v) is 8.04. The molecule has 0 atom stereocenters. The number of rotatable bonds is 5. The minimum atomic E-state index is -3.45. The van der Waals surface area contributed by atoms with Gasteiger partial charge in [0.15, 0.2) is 5.76 Å². The molecule has 0 aliphatic carbocycles. The lowest BCUT2D eigenvalue weighted by Crippen LogP contribution is -2.35. The van der Waals surface area contributed by atoms with Gasteiger partial charge in [0.05, 0.1) is 16.9 Å². The lowest BCUT2D eigenvalue weighted by atomic mass is 10.1. The number of furan rings is 1. The highest BCUT2D eigenvalue weighted by molar-refractivity contribution is 7.89. The molecule has 2 heterocycles. The second kappa shape index (κ2) is 7.84. The molecule has 0 radical (unpaired) electrons. The highest BCUT2D eigenvalue weighted by Gasteiger charge is 2.25. The van der Waals surface area contributed by atoms with Crippen LogP contribution in [0.2, 0.25) is 0 Å². The van der Waals surface area contributed by atoms with Gasteiger partial charge in [-0.2, -0.15) is 9.41 Å². The minimum absolute atomic E-state index is 0.171. The standard InChI is InChI=1S/C18H21N3O4S/c1-14(19-20-18(22)17-6-5-13-25-17)15-7-9-16(10-8-15)26(23,24)21-11-3-2-4-12-21/h5-10,13H,2-4,11-12H2,1H3,(H,20,22)/b19-14-. The summed E-state index contributed by atoms with van der Waals surface area (Å²) in [5.41, 5.74) is 3.69. The molecular weight excluding hydrogens is 354 g/mol. The van der Waals surface area contributed by atoms with Gasteiger partial charge in [0, 0.05) is 13.1 Å². The van der Waals surface area contributed by atoms with Crippen molar-refractivity contribution in [3.8, 4) is 0 Å². The summed E-state index contributed by atoms with van der Waals surface area (Å²) in [6.45, 7) is 2.88. The van der Waals surface area contributed by atoms with Crippen LogP contribution in [0.3, 0.4) is 0 Å². The largest absolute Gasteiger partial charge is 0.459 e. The summed E-state index contributed by atoms with van der Waals surface area (Å²) in [5, 5.41) is 4.03. The number of nitrogens with zero attached hydrogens (tertiary/aromatic N) is 2. The molecule has 26 heavy (non-hydrogen) atoms. The molecule has 3 rings (SSSR count). The zero-order chi connectivity index (χ0) is 18.6. The summed E-state index contributed by atoms with van der Waals surface area (Å²) < 4.78 is 31.8. The number of hydrogen-bond donors (Lipinski definition) is 1. The van der Waals surface area contributed by atoms with Crippen LogP contribution < -0.4 is 5.43 Å². The van der Waals surface area contributed by atoms with E-state index in [0.29, 0.717) is 18.8 Å². The van der Waals surface area contributed by atoms with Gasteiger partial charge in [-0.25, -0.2) is 13.8 Å². The highest BCUT2D eigenvalue weighted by atomic mass is 32.2. The van der Waals surface area contributed by atoms with Crippen LogP contribution >= 0.6 is 0 Å². The molecule has 1 aliphatic heterocycles. The number of carbonyl (C=O) groups is 1. The molecule has 0 unspecified atom stereocenters. The van der Waals surface area contributed by atoms with Crippen LogP contribution in [-0.4, -0.2) is 37.4 Å². The number of carbonyl (C=O) groups excluding carboxylic acids is 1. The SMILES string of the molecule is C/C(=N/NC(=O)c1ccco1)c1ccc(S(=O)(=O)N2CCCCC2)cc1. The fourth-order valence-corrected chi connectivity index (χ4v) is 4.30. The number of sulfonamides is 1. The average molecular weight is 375 g/mol. The molecule has 1 saturated heterocycles. The van der Waals surface area contributed by atoms with Gasteiger partial charge in [-0.05, 0) is 49.6 Å². The molecular formula is C18H21N3O4S. The summed E-state index contributed by atoms with van der Waals surface area (Å²) in [4.78, 5) is 12.1. The molecule has 0 spiro atoms. The van der Waals surface area contributed by atoms with Gasteiger partial charge in [0.1, 0.15) is 0 Å². The summed E-state index contributed by atoms with van der Waals surface area (Å²) in [5.74, 6) is -0.275. The van der Waals surface area contributed by atoms with Gasteiger partial charge in [0.2, 0.25) is 10.0 Å². The van der Waals surface area contributed by atoms with E-state index < -0.39 is 15.9 Å². The lowest BCUT2D eigenvalue weighted by Gasteiger charge is -2.25. The molecule has 1 N–H and O–H groups in total. The van der Waals surface area contributed by atoms with E-state index in [4.69, 9.17) is 4.42 Å². The molecule has 0 saturated carbocycles. The molecule has 1 fully saturated rings. The summed E-state index contributed by atoms with van der Waals surface area (Å²) in [6, 6.07) is 9.69. The average Bonchev–Trinajstić information content (AvgIpc) is 3.21. The topological polar surface area (TPSA) is 92.0 Å². The third-order valence-corrected chi connectivity index (χ3v) is 6.21. The predicted octanol–water partition coefficient (Wildman–Crippen LogP) is 2.61. The number of hydrogen-bond acceptors (Lipinski definition) is 5. The van der Waals surface area contributed by atoms with Crippen LogP contribution in [-0.2, 0) is 10.0 Å². The molecule has 138 valence electrons. The number of benzene rings is 1. The molecule has 1 aliphatic rings. The lowest BCUT2D eigenvalue weighted by molar-refractivity contribution is 0.0927. The Morgan fingerprint density at radius 2 is 1.81 bits per heavy atom. The number of hydrazone groups is 1. The van der Waals surface area contributed by atoms with Crippen molar-refractivity contribution in [3.63, 3.8) is 0 Å². The predicted molar refractivity (Wildman–Crippen MR) is 97.4 cm³/mol. The van der Waals surface area contributed by atoms with Crippen LogP contribution in [0.5, 0.6) is 0 Å². The number of piperidine rings is 1. The third-order valence-electron chi connectivity index (χ3n) is 4.30. The molecule has 1 aromatic heterocycles. The maximum absolute atomic E-state index is 12.6. The smallest absolute Gasteiger partial charge is 0.307 e. The van der Waals surface area contributed by atoms with Crippen molar-refractivity contribution in [2.24, 2.45) is 5.10 Å². The minimum Gasteiger partial charge on any atom is -0.459 e. The quantitative estimate of drug-likeness (QED) is 0.642. The molecule has 2 aromatic rings. The van der Waals surface area contributed by atoms with E-state index in [-0.39, 0.29) is 10.7 Å². The molecule has 1 amide bonds. The van der Waals surface area contributed by atoms with Crippen LogP contribution in [0.4, 0.5) is 0 Å². The Morgan fingerprint density at radius 1 is 1.12 bits per heavy atom. The fraction of sp³-hybridized carbons (Fsp3) is 0.333. The van der Waals surface area contributed by atoms with Crippen LogP contribution in [0.25, 0.3) is 0 Å². The van der Waals surface area contributed by atoms with Crippen LogP contribution in [0.15, 0.2) is 57.1 Å². The normalized spacial score (nSPS) is 16.4. The highest BCUT2D eigenvalue weighted by Crippen LogP contribution is 2.21. The van der Waals surface area contributed by atoms with E-state index >= 15 is 0 Å². The van der Waals surface area contributed by atoms with Crippen molar-refractivity contribution in [2.75, 3.05) is 13.1 Å². The Morgan fingerprint density at radius 3 is 2.42 bits per heavy atom. The van der Waals surface area contributed by atoms with Gasteiger partial charge < -0.3 is 4.42 Å². The molecule has 7 nitrogen and oxygen atoms in total. The van der Waals surface area contributed by atoms with Gasteiger partial charge >= 0.3 is 5.91 Å². The first-order chi connectivity index (χ1) is 12.5. The van der Waals surface area contributed by atoms with Crippen molar-refractivity contribution in [3.05, 3.63) is 54.0 Å². The maximum atomic E-state index is 12.6. The maximum Gasteiger partial charge on any atom is 0.307 e. The van der Waals surface area contributed by atoms with Gasteiger partial charge in [0.25, 0.3) is 0 Å². The first-order valence-electron chi connectivity index (χ1n) is 8.47. The summed E-state index contributed by atoms with van der Waals surface area (Å²) in [7, 11) is -3.45. The zero-order valence-corrected chi connectivity index (χ0v) is 15.3. The number of amides is 1. The van der Waals surface area contributed by atoms with Crippen molar-refractivity contribution < 1.29 is 17.6 Å². The molecule has 1 aromatic carbocycles. The first kappa shape index (κ1) is 18.3. The third kappa shape index (κ3) is 4.03. The number of nitrogens with one attached hydrogen (secondary N) is 1. The monoisotopic (exact) mass is 375 g/mol. The Bertz CT molecular complexity index is 881. The van der Waals surface area contributed by atoms with Crippen molar-refractivity contribution >= 4 is 21.6 Å². The molecule has 0 bridgehead atoms. The Hall–Kier alpha value is -2.45. The van der Waals surface area contributed by atoms with Crippen molar-refractivity contribution in [2.45, 2.75) is 31.1 Å². The van der Waals surface area contributed by atoms with Crippen molar-refractivity contribution in [1.82, 2.24) is 9.73 Å². The Kier molecular flexibility index (Phi) is 5.53. The summed E-state index contributed by atoms with van der Waals surface area (Å²) >= 11 is 0. The Balaban J connectivity index is 1.70. The van der Waals surface area contributed by atoms with E-state index in [1.54, 1.807) is 43.3 Å². The first-order valence-corrected chi connectivity index (χ1v) is 9.91. The van der Waals surface area contributed by atoms with E-state index in [1.165, 1.54) is 10.6 Å². The van der Waals surface area contributed by atoms with Crippen LogP contribution in [0, 0.1) is 0 Å². The zero-order valence-electron chi connectivity index (χ0n) is 14.5. The van der Waals surface area contributed by atoms with Gasteiger partial charge in [-0.15, -0.1) is 0 Å². The van der Waals surface area contributed by atoms with Gasteiger partial charge in [-0.1, -0.05) is 18.6 Å². The van der Waals surface area contributed by atoms with E-state index in [1.807, 2.05) is 0 Å². The molecule has 8 heteroatoms. The fourth-order valence-electron chi connectivity index (χ4n) is 2.78. The van der Waals surface area contributed by atoms with Crippen molar-refractivity contribution in [1.29, 1.82) is 0 Å². The Labute approximate surface area is 152 Å². The van der Waals surface area contributed by atoms with E-state index in [9.17, 15) is 13.2 Å². The van der Waals surface area contributed by atoms with E-state index in [0.717, 1.165) is 24.8 Å². The second-order valence-electron chi connectivity index (χ2n) is 6.10. The van der Waals surface area contributed by atoms with E-state index in [2.05, 4.69) is 10.5 Å². The van der Waals surface area contributed by atoms with Crippen LogP contribution in [0.1, 0.15) is 42.3 Å². The van der Waals surface area contributed by atoms with Gasteiger partial charge in [-0.3, -0.25) is 4.79 Å².